The van der Waals surface area contributed by atoms with E-state index in [2.05, 4.69) is 20.7 Å². The van der Waals surface area contributed by atoms with E-state index >= 15 is 0 Å². The third-order valence-corrected chi connectivity index (χ3v) is 6.28. The predicted molar refractivity (Wildman–Crippen MR) is 128 cm³/mol. The Morgan fingerprint density at radius 1 is 1.29 bits per heavy atom. The van der Waals surface area contributed by atoms with Gasteiger partial charge in [-0.05, 0) is 38.8 Å². The first-order chi connectivity index (χ1) is 16.3. The second-order valence-electron chi connectivity index (χ2n) is 9.36. The quantitative estimate of drug-likeness (QED) is 0.385. The molecule has 3 aliphatic rings. The Labute approximate surface area is 197 Å². The van der Waals surface area contributed by atoms with E-state index in [0.29, 0.717) is 29.3 Å². The van der Waals surface area contributed by atoms with Gasteiger partial charge in [0.25, 0.3) is 5.91 Å². The van der Waals surface area contributed by atoms with Crippen LogP contribution in [0.5, 0.6) is 0 Å². The van der Waals surface area contributed by atoms with Gasteiger partial charge in [0.1, 0.15) is 17.2 Å². The number of aliphatic hydroxyl groups is 1. The Balaban J connectivity index is 1.54. The highest BCUT2D eigenvalue weighted by Crippen LogP contribution is 2.34. The van der Waals surface area contributed by atoms with E-state index in [9.17, 15) is 9.90 Å². The number of rotatable bonds is 7. The van der Waals surface area contributed by atoms with Crippen LogP contribution in [0.4, 0.5) is 5.82 Å². The van der Waals surface area contributed by atoms with E-state index in [1.165, 1.54) is 0 Å². The maximum atomic E-state index is 13.1. The molecule has 10 nitrogen and oxygen atoms in total. The number of hydrogen-bond acceptors (Lipinski definition) is 7. The second-order valence-corrected chi connectivity index (χ2v) is 9.36. The zero-order valence-electron chi connectivity index (χ0n) is 19.7. The number of nitrogens with zero attached hydrogens (tertiary/aromatic N) is 5. The molecular weight excluding hydrogens is 434 g/mol. The highest BCUT2D eigenvalue weighted by atomic mass is 16.5. The van der Waals surface area contributed by atoms with E-state index in [-0.39, 0.29) is 18.1 Å². The standard InChI is InChI=1S/C24H29N7O3/c1-24(2,33)13-30-9-5-6-14-15(11-26-21(14)30)18-10-20(25-3)31-22(28-18)16(12-27-31)23(32)29-17-7-8-19(17)34-4/h5-6,9-12,17,19,25,33H,7-8,13H2,1-4H3,(H,29,32)/t17?,19-/m0/s1. The van der Waals surface area contributed by atoms with Gasteiger partial charge in [-0.3, -0.25) is 4.79 Å². The van der Waals surface area contributed by atoms with Gasteiger partial charge in [-0.25, -0.2) is 9.97 Å². The van der Waals surface area contributed by atoms with E-state index in [0.717, 1.165) is 29.8 Å². The maximum absolute atomic E-state index is 13.1. The number of hydrogen-bond donors (Lipinski definition) is 3. The molecule has 1 aliphatic carbocycles. The topological polar surface area (TPSA) is 119 Å². The Bertz CT molecular complexity index is 1320. The van der Waals surface area contributed by atoms with Crippen LogP contribution in [0.3, 0.4) is 0 Å². The first-order valence-corrected chi connectivity index (χ1v) is 11.4. The van der Waals surface area contributed by atoms with E-state index in [4.69, 9.17) is 9.72 Å². The summed E-state index contributed by atoms with van der Waals surface area (Å²) in [5.41, 5.74) is 2.41. The SMILES string of the molecule is CNc1cc(-c2cnc3n(CC(C)(C)O)cccc2-3)nc2c(C(=O)NC3CC[C@@H]3OC)cnn12. The van der Waals surface area contributed by atoms with E-state index in [1.54, 1.807) is 44.9 Å². The summed E-state index contributed by atoms with van der Waals surface area (Å²) in [6.07, 6.45) is 7.09. The molecule has 10 heteroatoms. The number of methoxy groups -OCH3 is 1. The van der Waals surface area contributed by atoms with Gasteiger partial charge in [-0.2, -0.15) is 9.61 Å². The van der Waals surface area contributed by atoms with Crippen molar-refractivity contribution < 1.29 is 14.6 Å². The van der Waals surface area contributed by atoms with Crippen molar-refractivity contribution in [3.8, 4) is 22.6 Å². The van der Waals surface area contributed by atoms with Crippen LogP contribution in [-0.4, -0.2) is 67.1 Å². The molecule has 5 rings (SSSR count). The molecule has 2 aromatic heterocycles. The van der Waals surface area contributed by atoms with Crippen LogP contribution >= 0.6 is 0 Å². The summed E-state index contributed by atoms with van der Waals surface area (Å²) < 4.78 is 8.96. The Morgan fingerprint density at radius 2 is 2.12 bits per heavy atom. The van der Waals surface area contributed by atoms with Gasteiger partial charge >= 0.3 is 0 Å². The zero-order valence-corrected chi connectivity index (χ0v) is 19.7. The average molecular weight is 464 g/mol. The number of aromatic nitrogens is 5. The van der Waals surface area contributed by atoms with Crippen molar-refractivity contribution in [3.05, 3.63) is 42.4 Å². The largest absolute Gasteiger partial charge is 0.389 e. The normalized spacial score (nSPS) is 18.3. The molecule has 2 aliphatic heterocycles. The number of ether oxygens (including phenoxy) is 1. The summed E-state index contributed by atoms with van der Waals surface area (Å²) in [6, 6.07) is 5.79. The summed E-state index contributed by atoms with van der Waals surface area (Å²) in [4.78, 5) is 22.5. The molecule has 0 bridgehead atoms. The number of amides is 1. The third kappa shape index (κ3) is 3.88. The van der Waals surface area contributed by atoms with Crippen LogP contribution in [0, 0.1) is 0 Å². The van der Waals surface area contributed by atoms with Crippen molar-refractivity contribution in [1.82, 2.24) is 29.5 Å². The van der Waals surface area contributed by atoms with Crippen molar-refractivity contribution in [2.75, 3.05) is 19.5 Å². The molecule has 0 spiro atoms. The van der Waals surface area contributed by atoms with Gasteiger partial charge in [-0.15, -0.1) is 0 Å². The first kappa shape index (κ1) is 22.3. The fourth-order valence-corrected chi connectivity index (χ4v) is 4.44. The number of nitrogens with one attached hydrogen (secondary N) is 2. The van der Waals surface area contributed by atoms with Crippen LogP contribution in [-0.2, 0) is 11.3 Å². The fourth-order valence-electron chi connectivity index (χ4n) is 4.44. The molecule has 3 N–H and O–H groups in total. The maximum Gasteiger partial charge on any atom is 0.257 e. The van der Waals surface area contributed by atoms with Crippen LogP contribution in [0.15, 0.2) is 36.8 Å². The Kier molecular flexibility index (Phi) is 5.49. The summed E-state index contributed by atoms with van der Waals surface area (Å²) >= 11 is 0. The number of carbonyl (C=O) groups is 1. The molecule has 34 heavy (non-hydrogen) atoms. The summed E-state index contributed by atoms with van der Waals surface area (Å²) in [6.45, 7) is 3.94. The van der Waals surface area contributed by atoms with Gasteiger partial charge in [0.05, 0.1) is 36.2 Å². The molecule has 178 valence electrons. The Hall–Kier alpha value is -3.50. The molecule has 0 radical (unpaired) electrons. The average Bonchev–Trinajstić information content (AvgIpc) is 3.40. The van der Waals surface area contributed by atoms with Gasteiger partial charge in [0, 0.05) is 43.7 Å². The molecule has 1 unspecified atom stereocenters. The molecule has 2 aromatic rings. The van der Waals surface area contributed by atoms with E-state index in [1.807, 2.05) is 29.0 Å². The minimum absolute atomic E-state index is 0.00570. The number of carbonyl (C=O) groups excluding carboxylic acids is 1. The molecule has 1 amide bonds. The highest BCUT2D eigenvalue weighted by molar-refractivity contribution is 6.00. The van der Waals surface area contributed by atoms with E-state index < -0.39 is 5.60 Å². The molecule has 1 fully saturated rings. The third-order valence-electron chi connectivity index (χ3n) is 6.28. The predicted octanol–water partition coefficient (Wildman–Crippen LogP) is 2.42. The van der Waals surface area contributed by atoms with Crippen LogP contribution in [0.25, 0.3) is 28.3 Å². The summed E-state index contributed by atoms with van der Waals surface area (Å²) in [5.74, 6) is 1.24. The van der Waals surface area contributed by atoms with Gasteiger partial charge in [0.2, 0.25) is 0 Å². The second kappa shape index (κ2) is 8.37. The van der Waals surface area contributed by atoms with Crippen molar-refractivity contribution in [2.45, 2.75) is 51.0 Å². The fraction of sp³-hybridized carbons (Fsp3) is 0.417. The lowest BCUT2D eigenvalue weighted by molar-refractivity contribution is 0.00732. The lowest BCUT2D eigenvalue weighted by Crippen LogP contribution is -2.51. The van der Waals surface area contributed by atoms with Crippen LogP contribution in [0.1, 0.15) is 37.0 Å². The van der Waals surface area contributed by atoms with Crippen molar-refractivity contribution in [3.63, 3.8) is 0 Å². The Morgan fingerprint density at radius 3 is 2.79 bits per heavy atom. The van der Waals surface area contributed by atoms with Gasteiger partial charge in [-0.1, -0.05) is 0 Å². The van der Waals surface area contributed by atoms with Gasteiger partial charge in [0.15, 0.2) is 5.65 Å². The summed E-state index contributed by atoms with van der Waals surface area (Å²) in [7, 11) is 3.46. The van der Waals surface area contributed by atoms with Crippen molar-refractivity contribution >= 4 is 17.4 Å². The lowest BCUT2D eigenvalue weighted by atomic mass is 9.89. The zero-order chi connectivity index (χ0) is 24.0. The molecule has 0 aromatic carbocycles. The number of anilines is 1. The van der Waals surface area contributed by atoms with Crippen LogP contribution in [0.2, 0.25) is 0 Å². The lowest BCUT2D eigenvalue weighted by Gasteiger charge is -2.35. The summed E-state index contributed by atoms with van der Waals surface area (Å²) in [5, 5.41) is 20.9. The molecule has 2 atom stereocenters. The highest BCUT2D eigenvalue weighted by Gasteiger charge is 2.33. The smallest absolute Gasteiger partial charge is 0.257 e. The molecule has 1 saturated carbocycles. The molecule has 4 heterocycles. The number of fused-ring (bicyclic) bond motifs is 2. The first-order valence-electron chi connectivity index (χ1n) is 11.4. The molecule has 0 saturated heterocycles. The van der Waals surface area contributed by atoms with Crippen molar-refractivity contribution in [1.29, 1.82) is 0 Å². The van der Waals surface area contributed by atoms with Crippen molar-refractivity contribution in [2.24, 2.45) is 0 Å². The minimum Gasteiger partial charge on any atom is -0.389 e. The van der Waals surface area contributed by atoms with Gasteiger partial charge < -0.3 is 25.0 Å². The van der Waals surface area contributed by atoms with Crippen LogP contribution < -0.4 is 10.6 Å². The monoisotopic (exact) mass is 463 g/mol. The molecular formula is C24H29N7O3. The number of pyridine rings is 1. The minimum atomic E-state index is -0.878.